The molecule has 2 N–H and O–H groups in total. The molecule has 1 aliphatic rings. The molecule has 0 bridgehead atoms. The summed E-state index contributed by atoms with van der Waals surface area (Å²) in [4.78, 5) is 17.4. The summed E-state index contributed by atoms with van der Waals surface area (Å²) in [7, 11) is -4.02. The van der Waals surface area contributed by atoms with Gasteiger partial charge in [-0.2, -0.15) is 0 Å². The van der Waals surface area contributed by atoms with Gasteiger partial charge in [-0.15, -0.1) is 11.3 Å². The smallest absolute Gasteiger partial charge is 0.293 e. The molecular weight excluding hydrogens is 388 g/mol. The van der Waals surface area contributed by atoms with Crippen molar-refractivity contribution in [1.29, 1.82) is 0 Å². The maximum atomic E-state index is 11.6. The number of benzene rings is 2. The molecule has 1 aliphatic heterocycles. The highest BCUT2D eigenvalue weighted by Crippen LogP contribution is 2.42. The Labute approximate surface area is 159 Å². The van der Waals surface area contributed by atoms with Gasteiger partial charge in [-0.25, -0.2) is 18.5 Å². The second kappa shape index (κ2) is 6.55. The zero-order chi connectivity index (χ0) is 19.2. The fourth-order valence-corrected chi connectivity index (χ4v) is 5.06. The third-order valence-electron chi connectivity index (χ3n) is 4.63. The highest BCUT2D eigenvalue weighted by atomic mass is 32.2. The zero-order valence-corrected chi connectivity index (χ0v) is 15.7. The predicted molar refractivity (Wildman–Crippen MR) is 103 cm³/mol. The molecule has 10 heteroatoms. The third kappa shape index (κ3) is 3.27. The van der Waals surface area contributed by atoms with Gasteiger partial charge in [0.15, 0.2) is 0 Å². The number of primary sulfonamides is 1. The molecule has 1 aromatic heterocycles. The van der Waals surface area contributed by atoms with Crippen LogP contribution >= 0.6 is 11.3 Å². The van der Waals surface area contributed by atoms with Gasteiger partial charge in [0.05, 0.1) is 26.1 Å². The van der Waals surface area contributed by atoms with Gasteiger partial charge in [0.1, 0.15) is 10.7 Å². The fourth-order valence-electron chi connectivity index (χ4n) is 3.41. The molecule has 1 saturated heterocycles. The van der Waals surface area contributed by atoms with Gasteiger partial charge < -0.3 is 4.90 Å². The van der Waals surface area contributed by atoms with Crippen LogP contribution in [0.25, 0.3) is 10.2 Å². The number of nitrogens with zero attached hydrogens (tertiary/aromatic N) is 3. The summed E-state index contributed by atoms with van der Waals surface area (Å²) in [6, 6.07) is 11.5. The van der Waals surface area contributed by atoms with E-state index in [1.54, 1.807) is 11.3 Å². The Kier molecular flexibility index (Phi) is 4.33. The molecule has 0 unspecified atom stereocenters. The predicted octanol–water partition coefficient (Wildman–Crippen LogP) is 3.19. The molecule has 140 valence electrons. The van der Waals surface area contributed by atoms with Gasteiger partial charge in [0.25, 0.3) is 5.69 Å². The number of hydrogen-bond acceptors (Lipinski definition) is 7. The fraction of sp³-hybridized carbons (Fsp3) is 0.235. The van der Waals surface area contributed by atoms with Crippen LogP contribution in [0.2, 0.25) is 0 Å². The summed E-state index contributed by atoms with van der Waals surface area (Å²) in [5, 5.41) is 17.6. The third-order valence-corrected chi connectivity index (χ3v) is 6.68. The summed E-state index contributed by atoms with van der Waals surface area (Å²) in [5.74, 6) is 0. The Morgan fingerprint density at radius 2 is 2.04 bits per heavy atom. The van der Waals surface area contributed by atoms with Gasteiger partial charge in [0.2, 0.25) is 10.0 Å². The molecule has 0 saturated carbocycles. The second-order valence-corrected chi connectivity index (χ2v) is 8.95. The van der Waals surface area contributed by atoms with Gasteiger partial charge in [-0.1, -0.05) is 12.1 Å². The van der Waals surface area contributed by atoms with Gasteiger partial charge in [-0.3, -0.25) is 10.1 Å². The molecule has 0 amide bonds. The summed E-state index contributed by atoms with van der Waals surface area (Å²) >= 11 is 1.58. The van der Waals surface area contributed by atoms with Gasteiger partial charge >= 0.3 is 0 Å². The molecule has 4 rings (SSSR count). The normalized spacial score (nSPS) is 17.5. The monoisotopic (exact) mass is 404 g/mol. The zero-order valence-electron chi connectivity index (χ0n) is 14.1. The van der Waals surface area contributed by atoms with Crippen molar-refractivity contribution in [1.82, 2.24) is 4.98 Å². The highest BCUT2D eigenvalue weighted by molar-refractivity contribution is 7.89. The van der Waals surface area contributed by atoms with E-state index in [-0.39, 0.29) is 16.6 Å². The maximum absolute atomic E-state index is 11.6. The van der Waals surface area contributed by atoms with E-state index >= 15 is 0 Å². The van der Waals surface area contributed by atoms with Gasteiger partial charge in [-0.05, 0) is 37.1 Å². The number of nitro groups is 1. The van der Waals surface area contributed by atoms with Crippen molar-refractivity contribution in [3.8, 4) is 0 Å². The van der Waals surface area contributed by atoms with Crippen LogP contribution in [0.4, 0.5) is 11.4 Å². The number of sulfonamides is 1. The van der Waals surface area contributed by atoms with Crippen LogP contribution in [-0.2, 0) is 10.0 Å². The number of fused-ring (bicyclic) bond motifs is 1. The minimum Gasteiger partial charge on any atom is -0.357 e. The Hall–Kier alpha value is -2.56. The average molecular weight is 404 g/mol. The number of aromatic nitrogens is 1. The number of nitrogens with two attached hydrogens (primary N) is 1. The first-order valence-corrected chi connectivity index (χ1v) is 10.6. The maximum Gasteiger partial charge on any atom is 0.293 e. The Balaban J connectivity index is 1.78. The molecule has 27 heavy (non-hydrogen) atoms. The summed E-state index contributed by atoms with van der Waals surface area (Å²) in [5.41, 5.74) is 1.02. The molecule has 0 aliphatic carbocycles. The number of rotatable bonds is 4. The largest absolute Gasteiger partial charge is 0.357 e. The van der Waals surface area contributed by atoms with Crippen molar-refractivity contribution < 1.29 is 13.3 Å². The van der Waals surface area contributed by atoms with Crippen molar-refractivity contribution in [2.75, 3.05) is 11.4 Å². The van der Waals surface area contributed by atoms with Crippen LogP contribution in [0.1, 0.15) is 23.9 Å². The van der Waals surface area contributed by atoms with Crippen LogP contribution in [0.5, 0.6) is 0 Å². The quantitative estimate of drug-likeness (QED) is 0.527. The lowest BCUT2D eigenvalue weighted by molar-refractivity contribution is -0.384. The topological polar surface area (TPSA) is 119 Å². The summed E-state index contributed by atoms with van der Waals surface area (Å²) in [6.07, 6.45) is 1.70. The van der Waals surface area contributed by atoms with Crippen LogP contribution in [0.3, 0.4) is 0 Å². The van der Waals surface area contributed by atoms with E-state index in [2.05, 4.69) is 0 Å². The minimum absolute atomic E-state index is 0.0820. The molecule has 2 aromatic carbocycles. The molecule has 0 radical (unpaired) electrons. The van der Waals surface area contributed by atoms with Crippen molar-refractivity contribution in [2.24, 2.45) is 5.14 Å². The van der Waals surface area contributed by atoms with Crippen LogP contribution in [-0.4, -0.2) is 24.9 Å². The highest BCUT2D eigenvalue weighted by Gasteiger charge is 2.33. The summed E-state index contributed by atoms with van der Waals surface area (Å²) in [6.45, 7) is 0.635. The molecular formula is C17H16N4O4S2. The van der Waals surface area contributed by atoms with Gasteiger partial charge in [0, 0.05) is 12.6 Å². The van der Waals surface area contributed by atoms with E-state index in [4.69, 9.17) is 10.1 Å². The van der Waals surface area contributed by atoms with E-state index in [1.165, 1.54) is 12.1 Å². The number of anilines is 1. The first-order chi connectivity index (χ1) is 12.8. The van der Waals surface area contributed by atoms with Crippen LogP contribution in [0.15, 0.2) is 47.4 Å². The Morgan fingerprint density at radius 1 is 1.26 bits per heavy atom. The SMILES string of the molecule is NS(=O)(=O)c1ccc(N2CCC[C@H]2c2nc3ccccc3s2)c([N+](=O)[O-])c1. The van der Waals surface area contributed by atoms with Crippen molar-refractivity contribution in [2.45, 2.75) is 23.8 Å². The lowest BCUT2D eigenvalue weighted by atomic mass is 10.2. The van der Waals surface area contributed by atoms with E-state index in [1.807, 2.05) is 29.2 Å². The standard InChI is InChI=1S/C17H16N4O4S2/c18-27(24,25)11-7-8-13(15(10-11)21(22)23)20-9-3-5-14(20)17-19-12-4-1-2-6-16(12)26-17/h1-2,4,6-8,10,14H,3,5,9H2,(H2,18,24,25)/t14-/m0/s1. The van der Waals surface area contributed by atoms with Crippen molar-refractivity contribution >= 4 is 43.0 Å². The van der Waals surface area contributed by atoms with Crippen molar-refractivity contribution in [3.63, 3.8) is 0 Å². The minimum atomic E-state index is -4.02. The summed E-state index contributed by atoms with van der Waals surface area (Å²) < 4.78 is 24.2. The second-order valence-electron chi connectivity index (χ2n) is 6.32. The molecule has 8 nitrogen and oxygen atoms in total. The molecule has 1 atom stereocenters. The Morgan fingerprint density at radius 3 is 2.74 bits per heavy atom. The number of thiazole rings is 1. The number of nitro benzene ring substituents is 1. The van der Waals surface area contributed by atoms with Crippen molar-refractivity contribution in [3.05, 3.63) is 57.6 Å². The van der Waals surface area contributed by atoms with Crippen LogP contribution < -0.4 is 10.0 Å². The van der Waals surface area contributed by atoms with E-state index < -0.39 is 14.9 Å². The first-order valence-electron chi connectivity index (χ1n) is 8.28. The molecule has 3 aromatic rings. The van der Waals surface area contributed by atoms with E-state index in [0.717, 1.165) is 34.1 Å². The number of hydrogen-bond donors (Lipinski definition) is 1. The molecule has 1 fully saturated rings. The van der Waals surface area contributed by atoms with Crippen LogP contribution in [0, 0.1) is 10.1 Å². The average Bonchev–Trinajstić information content (AvgIpc) is 3.26. The lowest BCUT2D eigenvalue weighted by Crippen LogP contribution is -2.23. The molecule has 2 heterocycles. The number of para-hydroxylation sites is 1. The molecule has 0 spiro atoms. The van der Waals surface area contributed by atoms with E-state index in [0.29, 0.717) is 12.2 Å². The lowest BCUT2D eigenvalue weighted by Gasteiger charge is -2.25. The van der Waals surface area contributed by atoms with E-state index in [9.17, 15) is 18.5 Å². The Bertz CT molecular complexity index is 1110. The first kappa shape index (κ1) is 17.8.